The highest BCUT2D eigenvalue weighted by atomic mass is 16.5. The van der Waals surface area contributed by atoms with Gasteiger partial charge in [-0.2, -0.15) is 0 Å². The zero-order valence-electron chi connectivity index (χ0n) is 6.31. The average molecular weight is 141 g/mol. The summed E-state index contributed by atoms with van der Waals surface area (Å²) >= 11 is 0. The molecule has 1 heterocycles. The van der Waals surface area contributed by atoms with E-state index in [0.29, 0.717) is 5.92 Å². The van der Waals surface area contributed by atoms with E-state index in [1.54, 1.807) is 0 Å². The summed E-state index contributed by atoms with van der Waals surface area (Å²) in [5, 5.41) is 0. The molecule has 2 heteroatoms. The normalized spacial score (nSPS) is 37.5. The molecule has 10 heavy (non-hydrogen) atoms. The van der Waals surface area contributed by atoms with Crippen molar-refractivity contribution in [1.29, 1.82) is 0 Å². The molecule has 1 aliphatic carbocycles. The summed E-state index contributed by atoms with van der Waals surface area (Å²) in [6.45, 7) is 1.86. The summed E-state index contributed by atoms with van der Waals surface area (Å²) in [7, 11) is 0. The zero-order valence-corrected chi connectivity index (χ0v) is 6.31. The van der Waals surface area contributed by atoms with E-state index in [2.05, 4.69) is 0 Å². The fourth-order valence-corrected chi connectivity index (χ4v) is 1.75. The molecule has 1 saturated heterocycles. The van der Waals surface area contributed by atoms with Crippen molar-refractivity contribution >= 4 is 0 Å². The van der Waals surface area contributed by atoms with Gasteiger partial charge in [-0.05, 0) is 25.7 Å². The van der Waals surface area contributed by atoms with Crippen LogP contribution in [-0.2, 0) is 4.74 Å². The van der Waals surface area contributed by atoms with Crippen molar-refractivity contribution in [3.8, 4) is 0 Å². The minimum atomic E-state index is 0.195. The van der Waals surface area contributed by atoms with Crippen LogP contribution < -0.4 is 5.73 Å². The summed E-state index contributed by atoms with van der Waals surface area (Å²) in [6, 6.07) is 0. The third kappa shape index (κ3) is 1.06. The number of ether oxygens (including phenoxy) is 1. The van der Waals surface area contributed by atoms with Gasteiger partial charge in [0.2, 0.25) is 0 Å². The van der Waals surface area contributed by atoms with Gasteiger partial charge in [-0.3, -0.25) is 0 Å². The molecule has 0 spiro atoms. The van der Waals surface area contributed by atoms with Gasteiger partial charge in [0.05, 0.1) is 6.61 Å². The van der Waals surface area contributed by atoms with E-state index >= 15 is 0 Å². The summed E-state index contributed by atoms with van der Waals surface area (Å²) in [6.07, 6.45) is 4.95. The van der Waals surface area contributed by atoms with Crippen LogP contribution in [0.1, 0.15) is 25.7 Å². The lowest BCUT2D eigenvalue weighted by molar-refractivity contribution is 0.0410. The SMILES string of the molecule is NC1(C2CCCOC2)CC1. The fourth-order valence-electron chi connectivity index (χ4n) is 1.75. The molecule has 2 nitrogen and oxygen atoms in total. The highest BCUT2D eigenvalue weighted by molar-refractivity contribution is 5.04. The molecular formula is C8H15NO. The third-order valence-corrected chi connectivity index (χ3v) is 2.80. The Labute approximate surface area is 61.7 Å². The predicted molar refractivity (Wildman–Crippen MR) is 39.7 cm³/mol. The molecule has 2 N–H and O–H groups in total. The molecule has 1 unspecified atom stereocenters. The molecule has 1 saturated carbocycles. The van der Waals surface area contributed by atoms with Crippen molar-refractivity contribution in [2.45, 2.75) is 31.2 Å². The highest BCUT2D eigenvalue weighted by Crippen LogP contribution is 2.42. The first kappa shape index (κ1) is 6.62. The smallest absolute Gasteiger partial charge is 0.0511 e. The average Bonchev–Trinajstić information content (AvgIpc) is 2.72. The first-order valence-corrected chi connectivity index (χ1v) is 4.18. The van der Waals surface area contributed by atoms with Crippen LogP contribution in [0.15, 0.2) is 0 Å². The van der Waals surface area contributed by atoms with Crippen molar-refractivity contribution in [3.05, 3.63) is 0 Å². The Hall–Kier alpha value is -0.0800. The molecule has 0 aromatic carbocycles. The molecule has 2 fully saturated rings. The first-order valence-electron chi connectivity index (χ1n) is 4.18. The van der Waals surface area contributed by atoms with Crippen LogP contribution in [0.4, 0.5) is 0 Å². The topological polar surface area (TPSA) is 35.2 Å². The predicted octanol–water partition coefficient (Wildman–Crippen LogP) is 0.904. The Morgan fingerprint density at radius 1 is 1.40 bits per heavy atom. The van der Waals surface area contributed by atoms with E-state index < -0.39 is 0 Å². The molecule has 58 valence electrons. The number of hydrogen-bond donors (Lipinski definition) is 1. The Balaban J connectivity index is 1.91. The van der Waals surface area contributed by atoms with Crippen molar-refractivity contribution in [1.82, 2.24) is 0 Å². The van der Waals surface area contributed by atoms with Gasteiger partial charge < -0.3 is 10.5 Å². The zero-order chi connectivity index (χ0) is 7.03. The number of rotatable bonds is 1. The standard InChI is InChI=1S/C8H15NO/c9-8(3-4-8)7-2-1-5-10-6-7/h7H,1-6,9H2. The second-order valence-corrected chi connectivity index (χ2v) is 3.65. The van der Waals surface area contributed by atoms with Crippen molar-refractivity contribution in [2.75, 3.05) is 13.2 Å². The van der Waals surface area contributed by atoms with Gasteiger partial charge in [0.1, 0.15) is 0 Å². The summed E-state index contributed by atoms with van der Waals surface area (Å²) in [5.41, 5.74) is 6.24. The van der Waals surface area contributed by atoms with E-state index in [9.17, 15) is 0 Å². The summed E-state index contributed by atoms with van der Waals surface area (Å²) in [5.74, 6) is 0.668. The lowest BCUT2D eigenvalue weighted by Crippen LogP contribution is -2.37. The van der Waals surface area contributed by atoms with Gasteiger partial charge in [-0.1, -0.05) is 0 Å². The second kappa shape index (κ2) is 2.21. The number of hydrogen-bond acceptors (Lipinski definition) is 2. The minimum absolute atomic E-state index is 0.195. The van der Waals surface area contributed by atoms with Gasteiger partial charge in [-0.15, -0.1) is 0 Å². The first-order chi connectivity index (χ1) is 4.81. The molecule has 1 atom stereocenters. The lowest BCUT2D eigenvalue weighted by Gasteiger charge is -2.27. The van der Waals surface area contributed by atoms with Crippen molar-refractivity contribution < 1.29 is 4.74 Å². The molecule has 1 aliphatic heterocycles. The molecule has 2 rings (SSSR count). The van der Waals surface area contributed by atoms with E-state index in [1.807, 2.05) is 0 Å². The van der Waals surface area contributed by atoms with Crippen molar-refractivity contribution in [2.24, 2.45) is 11.7 Å². The quantitative estimate of drug-likeness (QED) is 0.589. The lowest BCUT2D eigenvalue weighted by atomic mass is 9.92. The molecular weight excluding hydrogens is 126 g/mol. The van der Waals surface area contributed by atoms with Gasteiger partial charge in [0.15, 0.2) is 0 Å². The van der Waals surface area contributed by atoms with Gasteiger partial charge in [0, 0.05) is 18.1 Å². The van der Waals surface area contributed by atoms with Crippen LogP contribution in [0.2, 0.25) is 0 Å². The summed E-state index contributed by atoms with van der Waals surface area (Å²) in [4.78, 5) is 0. The minimum Gasteiger partial charge on any atom is -0.381 e. The van der Waals surface area contributed by atoms with Crippen LogP contribution in [0.5, 0.6) is 0 Å². The molecule has 0 aromatic heterocycles. The van der Waals surface area contributed by atoms with Crippen LogP contribution in [0, 0.1) is 5.92 Å². The Kier molecular flexibility index (Phi) is 1.46. The molecule has 0 bridgehead atoms. The monoisotopic (exact) mass is 141 g/mol. The Morgan fingerprint density at radius 2 is 2.20 bits per heavy atom. The largest absolute Gasteiger partial charge is 0.381 e. The fraction of sp³-hybridized carbons (Fsp3) is 1.00. The van der Waals surface area contributed by atoms with Crippen LogP contribution >= 0.6 is 0 Å². The van der Waals surface area contributed by atoms with Gasteiger partial charge >= 0.3 is 0 Å². The number of nitrogens with two attached hydrogens (primary N) is 1. The maximum absolute atomic E-state index is 6.04. The molecule has 2 aliphatic rings. The second-order valence-electron chi connectivity index (χ2n) is 3.65. The molecule has 0 aromatic rings. The van der Waals surface area contributed by atoms with E-state index in [-0.39, 0.29) is 5.54 Å². The van der Waals surface area contributed by atoms with E-state index in [0.717, 1.165) is 13.2 Å². The van der Waals surface area contributed by atoms with Crippen molar-refractivity contribution in [3.63, 3.8) is 0 Å². The van der Waals surface area contributed by atoms with Crippen LogP contribution in [-0.4, -0.2) is 18.8 Å². The van der Waals surface area contributed by atoms with E-state index in [1.165, 1.54) is 25.7 Å². The highest BCUT2D eigenvalue weighted by Gasteiger charge is 2.45. The maximum Gasteiger partial charge on any atom is 0.0511 e. The molecule has 0 amide bonds. The van der Waals surface area contributed by atoms with E-state index in [4.69, 9.17) is 10.5 Å². The Bertz CT molecular complexity index is 125. The van der Waals surface area contributed by atoms with Gasteiger partial charge in [-0.25, -0.2) is 0 Å². The molecule has 0 radical (unpaired) electrons. The van der Waals surface area contributed by atoms with Crippen LogP contribution in [0.25, 0.3) is 0 Å². The van der Waals surface area contributed by atoms with Gasteiger partial charge in [0.25, 0.3) is 0 Å². The summed E-state index contributed by atoms with van der Waals surface area (Å²) < 4.78 is 5.37. The Morgan fingerprint density at radius 3 is 2.70 bits per heavy atom. The maximum atomic E-state index is 6.04. The third-order valence-electron chi connectivity index (χ3n) is 2.80. The van der Waals surface area contributed by atoms with Crippen LogP contribution in [0.3, 0.4) is 0 Å².